The third kappa shape index (κ3) is 5.04. The largest absolute Gasteiger partial charge is 0.480 e. The van der Waals surface area contributed by atoms with Crippen molar-refractivity contribution < 1.29 is 14.6 Å². The van der Waals surface area contributed by atoms with Crippen molar-refractivity contribution in [2.24, 2.45) is 0 Å². The van der Waals surface area contributed by atoms with Gasteiger partial charge in [-0.15, -0.1) is 0 Å². The number of ether oxygens (including phenoxy) is 1. The molecule has 1 aromatic rings. The predicted molar refractivity (Wildman–Crippen MR) is 85.1 cm³/mol. The van der Waals surface area contributed by atoms with Crippen molar-refractivity contribution in [2.45, 2.75) is 30.2 Å². The van der Waals surface area contributed by atoms with Crippen LogP contribution in [0.5, 0.6) is 0 Å². The summed E-state index contributed by atoms with van der Waals surface area (Å²) in [6, 6.07) is 5.62. The van der Waals surface area contributed by atoms with E-state index >= 15 is 0 Å². The van der Waals surface area contributed by atoms with Gasteiger partial charge in [-0.05, 0) is 36.9 Å². The fourth-order valence-corrected chi connectivity index (χ4v) is 3.92. The van der Waals surface area contributed by atoms with E-state index in [9.17, 15) is 4.79 Å². The molecular formula is C14H17Cl2NO3S. The first kappa shape index (κ1) is 16.9. The molecule has 1 N–H and O–H groups in total. The highest BCUT2D eigenvalue weighted by molar-refractivity contribution is 7.97. The SMILES string of the molecule is O=C(O)COCC1CCCCN1Sc1c(Cl)cccc1Cl. The Morgan fingerprint density at radius 2 is 2.10 bits per heavy atom. The number of carbonyl (C=O) groups is 1. The Labute approximate surface area is 138 Å². The second kappa shape index (κ2) is 8.25. The normalized spacial score (nSPS) is 19.6. The standard InChI is InChI=1S/C14H17Cl2NO3S/c15-11-5-3-6-12(16)14(11)21-17-7-2-1-4-10(17)8-20-9-13(18)19/h3,5-6,10H,1-2,4,7-9H2,(H,18,19). The summed E-state index contributed by atoms with van der Waals surface area (Å²) in [6.45, 7) is 1.05. The van der Waals surface area contributed by atoms with Gasteiger partial charge >= 0.3 is 5.97 Å². The van der Waals surface area contributed by atoms with Crippen LogP contribution in [0, 0.1) is 0 Å². The Morgan fingerprint density at radius 1 is 1.38 bits per heavy atom. The molecule has 1 fully saturated rings. The van der Waals surface area contributed by atoms with Gasteiger partial charge in [0.25, 0.3) is 0 Å². The molecule has 0 aromatic heterocycles. The summed E-state index contributed by atoms with van der Waals surface area (Å²) in [4.78, 5) is 11.4. The van der Waals surface area contributed by atoms with Gasteiger partial charge in [-0.25, -0.2) is 9.10 Å². The van der Waals surface area contributed by atoms with Gasteiger partial charge in [0, 0.05) is 12.6 Å². The molecule has 1 atom stereocenters. The quantitative estimate of drug-likeness (QED) is 0.787. The molecule has 0 spiro atoms. The van der Waals surface area contributed by atoms with E-state index in [1.165, 1.54) is 11.9 Å². The molecule has 0 saturated carbocycles. The molecule has 1 heterocycles. The van der Waals surface area contributed by atoms with E-state index in [-0.39, 0.29) is 12.6 Å². The molecule has 4 nitrogen and oxygen atoms in total. The van der Waals surface area contributed by atoms with Crippen LogP contribution >= 0.6 is 35.1 Å². The second-order valence-corrected chi connectivity index (χ2v) is 6.72. The zero-order valence-corrected chi connectivity index (χ0v) is 13.8. The van der Waals surface area contributed by atoms with Gasteiger partial charge in [0.15, 0.2) is 0 Å². The second-order valence-electron chi connectivity index (χ2n) is 4.84. The topological polar surface area (TPSA) is 49.8 Å². The molecule has 21 heavy (non-hydrogen) atoms. The first-order valence-electron chi connectivity index (χ1n) is 6.76. The highest BCUT2D eigenvalue weighted by Crippen LogP contribution is 2.38. The number of hydrogen-bond acceptors (Lipinski definition) is 4. The molecule has 0 bridgehead atoms. The number of aliphatic carboxylic acids is 1. The number of rotatable bonds is 6. The lowest BCUT2D eigenvalue weighted by molar-refractivity contribution is -0.142. The van der Waals surface area contributed by atoms with Crippen molar-refractivity contribution in [1.82, 2.24) is 4.31 Å². The van der Waals surface area contributed by atoms with E-state index in [4.69, 9.17) is 33.0 Å². The average Bonchev–Trinajstić information content (AvgIpc) is 2.44. The average molecular weight is 350 g/mol. The minimum atomic E-state index is -0.945. The van der Waals surface area contributed by atoms with E-state index in [2.05, 4.69) is 4.31 Å². The molecule has 1 aliphatic rings. The number of hydrogen-bond donors (Lipinski definition) is 1. The Hall–Kier alpha value is -0.460. The minimum absolute atomic E-state index is 0.176. The van der Waals surface area contributed by atoms with Gasteiger partial charge in [-0.1, -0.05) is 35.7 Å². The summed E-state index contributed by atoms with van der Waals surface area (Å²) in [5.41, 5.74) is 0. The van der Waals surface area contributed by atoms with Crippen LogP contribution in [0.25, 0.3) is 0 Å². The van der Waals surface area contributed by atoms with Crippen LogP contribution < -0.4 is 0 Å². The zero-order chi connectivity index (χ0) is 15.2. The first-order chi connectivity index (χ1) is 10.1. The Kier molecular flexibility index (Phi) is 6.64. The number of halogens is 2. The number of nitrogens with zero attached hydrogens (tertiary/aromatic N) is 1. The van der Waals surface area contributed by atoms with Crippen LogP contribution in [0.15, 0.2) is 23.1 Å². The van der Waals surface area contributed by atoms with E-state index < -0.39 is 5.97 Å². The van der Waals surface area contributed by atoms with Gasteiger partial charge in [0.2, 0.25) is 0 Å². The number of carboxylic acid groups (broad SMARTS) is 1. The van der Waals surface area contributed by atoms with Gasteiger partial charge in [0.1, 0.15) is 6.61 Å². The maximum Gasteiger partial charge on any atom is 0.329 e. The van der Waals surface area contributed by atoms with E-state index in [1.807, 2.05) is 18.2 Å². The van der Waals surface area contributed by atoms with Gasteiger partial charge in [-0.2, -0.15) is 0 Å². The summed E-state index contributed by atoms with van der Waals surface area (Å²) in [5.74, 6) is -0.945. The fraction of sp³-hybridized carbons (Fsp3) is 0.500. The van der Waals surface area contributed by atoms with Crippen molar-refractivity contribution in [1.29, 1.82) is 0 Å². The molecule has 0 radical (unpaired) electrons. The third-order valence-electron chi connectivity index (χ3n) is 3.24. The number of piperidine rings is 1. The monoisotopic (exact) mass is 349 g/mol. The molecule has 116 valence electrons. The van der Waals surface area contributed by atoms with Gasteiger partial charge in [-0.3, -0.25) is 0 Å². The molecule has 7 heteroatoms. The van der Waals surface area contributed by atoms with Crippen LogP contribution in [-0.2, 0) is 9.53 Å². The maximum atomic E-state index is 10.5. The van der Waals surface area contributed by atoms with Crippen LogP contribution in [0.2, 0.25) is 10.0 Å². The molecule has 1 unspecified atom stereocenters. The van der Waals surface area contributed by atoms with E-state index in [0.717, 1.165) is 30.7 Å². The number of benzene rings is 1. The van der Waals surface area contributed by atoms with E-state index in [0.29, 0.717) is 16.7 Å². The molecule has 1 saturated heterocycles. The lowest BCUT2D eigenvalue weighted by atomic mass is 10.1. The summed E-state index contributed by atoms with van der Waals surface area (Å²) < 4.78 is 7.44. The molecule has 0 amide bonds. The van der Waals surface area contributed by atoms with Crippen molar-refractivity contribution in [2.75, 3.05) is 19.8 Å². The molecule has 1 aromatic carbocycles. The molecular weight excluding hydrogens is 333 g/mol. The highest BCUT2D eigenvalue weighted by atomic mass is 35.5. The maximum absolute atomic E-state index is 10.5. The molecule has 2 rings (SSSR count). The van der Waals surface area contributed by atoms with Crippen LogP contribution in [-0.4, -0.2) is 41.2 Å². The first-order valence-corrected chi connectivity index (χ1v) is 8.29. The summed E-state index contributed by atoms with van der Waals surface area (Å²) in [6.07, 6.45) is 3.20. The lowest BCUT2D eigenvalue weighted by Crippen LogP contribution is -2.38. The van der Waals surface area contributed by atoms with E-state index in [1.54, 1.807) is 0 Å². The van der Waals surface area contributed by atoms with Crippen LogP contribution in [0.3, 0.4) is 0 Å². The summed E-state index contributed by atoms with van der Waals surface area (Å²) in [5, 5.41) is 9.89. The van der Waals surface area contributed by atoms with Gasteiger partial charge in [0.05, 0.1) is 21.5 Å². The highest BCUT2D eigenvalue weighted by Gasteiger charge is 2.25. The predicted octanol–water partition coefficient (Wildman–Crippen LogP) is 3.96. The van der Waals surface area contributed by atoms with Crippen molar-refractivity contribution >= 4 is 41.1 Å². The Bertz CT molecular complexity index is 481. The minimum Gasteiger partial charge on any atom is -0.480 e. The van der Waals surface area contributed by atoms with Crippen molar-refractivity contribution in [3.8, 4) is 0 Å². The number of carboxylic acids is 1. The molecule has 0 aliphatic carbocycles. The van der Waals surface area contributed by atoms with Crippen LogP contribution in [0.1, 0.15) is 19.3 Å². The zero-order valence-electron chi connectivity index (χ0n) is 11.4. The lowest BCUT2D eigenvalue weighted by Gasteiger charge is -2.34. The summed E-state index contributed by atoms with van der Waals surface area (Å²) >= 11 is 13.9. The fourth-order valence-electron chi connectivity index (χ4n) is 2.23. The smallest absolute Gasteiger partial charge is 0.329 e. The Balaban J connectivity index is 2.00. The summed E-state index contributed by atoms with van der Waals surface area (Å²) in [7, 11) is 0. The molecule has 1 aliphatic heterocycles. The Morgan fingerprint density at radius 3 is 2.76 bits per heavy atom. The third-order valence-corrected chi connectivity index (χ3v) is 5.43. The van der Waals surface area contributed by atoms with Gasteiger partial charge < -0.3 is 9.84 Å². The van der Waals surface area contributed by atoms with Crippen molar-refractivity contribution in [3.63, 3.8) is 0 Å². The van der Waals surface area contributed by atoms with Crippen molar-refractivity contribution in [3.05, 3.63) is 28.2 Å². The van der Waals surface area contributed by atoms with Crippen LogP contribution in [0.4, 0.5) is 0 Å².